The number of sulfonamides is 1. The molecule has 2 rings (SSSR count). The highest BCUT2D eigenvalue weighted by atomic mass is 32.2. The van der Waals surface area contributed by atoms with Crippen molar-refractivity contribution in [1.82, 2.24) is 20.0 Å². The van der Waals surface area contributed by atoms with Gasteiger partial charge in [-0.25, -0.2) is 22.9 Å². The highest BCUT2D eigenvalue weighted by Crippen LogP contribution is 2.23. The number of aromatic nitrogens is 4. The lowest BCUT2D eigenvalue weighted by Crippen LogP contribution is -2.12. The largest absolute Gasteiger partial charge is 0.476 e. The van der Waals surface area contributed by atoms with Crippen LogP contribution in [-0.4, -0.2) is 45.7 Å². The van der Waals surface area contributed by atoms with Crippen LogP contribution in [0.3, 0.4) is 0 Å². The zero-order valence-electron chi connectivity index (χ0n) is 12.2. The van der Waals surface area contributed by atoms with Gasteiger partial charge < -0.3 is 5.11 Å². The molecule has 0 aromatic carbocycles. The molecule has 0 spiro atoms. The van der Waals surface area contributed by atoms with Crippen LogP contribution in [0.1, 0.15) is 23.1 Å². The molecule has 0 atom stereocenters. The molecule has 2 N–H and O–H groups in total. The number of rotatable bonds is 5. The predicted octanol–water partition coefficient (Wildman–Crippen LogP) is 0.509. The molecule has 0 aliphatic heterocycles. The lowest BCUT2D eigenvalue weighted by Gasteiger charge is -2.10. The number of nitrogens with one attached hydrogen (secondary N) is 1. The van der Waals surface area contributed by atoms with Gasteiger partial charge in [-0.2, -0.15) is 0 Å². The van der Waals surface area contributed by atoms with Gasteiger partial charge in [0.2, 0.25) is 10.0 Å². The number of carboxylic acids is 1. The molecule has 2 aromatic heterocycles. The fourth-order valence-electron chi connectivity index (χ4n) is 1.96. The molecule has 0 bridgehead atoms. The van der Waals surface area contributed by atoms with Gasteiger partial charge in [0.05, 0.1) is 23.3 Å². The number of carbonyl (C=O) groups is 1. The molecule has 0 saturated carbocycles. The molecule has 0 fully saturated rings. The van der Waals surface area contributed by atoms with Crippen LogP contribution in [0, 0.1) is 0 Å². The molecule has 0 aliphatic carbocycles. The second-order valence-corrected chi connectivity index (χ2v) is 6.38. The van der Waals surface area contributed by atoms with Gasteiger partial charge in [-0.1, -0.05) is 12.1 Å². The van der Waals surface area contributed by atoms with Gasteiger partial charge in [0.15, 0.2) is 5.69 Å². The number of hydrogen-bond acceptors (Lipinski definition) is 6. The van der Waals surface area contributed by atoms with Gasteiger partial charge in [-0.15, -0.1) is 5.10 Å². The van der Waals surface area contributed by atoms with E-state index in [0.29, 0.717) is 23.5 Å². The number of carboxylic acid groups (broad SMARTS) is 1. The smallest absolute Gasteiger partial charge is 0.356 e. The van der Waals surface area contributed by atoms with Crippen molar-refractivity contribution >= 4 is 21.7 Å². The van der Waals surface area contributed by atoms with Gasteiger partial charge in [0.1, 0.15) is 5.69 Å². The molecule has 0 aliphatic rings. The molecule has 118 valence electrons. The number of pyridine rings is 1. The van der Waals surface area contributed by atoms with Crippen molar-refractivity contribution in [2.75, 3.05) is 11.0 Å². The minimum atomic E-state index is -3.42. The Morgan fingerprint density at radius 1 is 1.41 bits per heavy atom. The first kappa shape index (κ1) is 15.9. The maximum absolute atomic E-state index is 11.3. The zero-order valence-corrected chi connectivity index (χ0v) is 13.0. The Morgan fingerprint density at radius 2 is 2.09 bits per heavy atom. The van der Waals surface area contributed by atoms with E-state index in [4.69, 9.17) is 0 Å². The quantitative estimate of drug-likeness (QED) is 0.819. The topological polar surface area (TPSA) is 127 Å². The van der Waals surface area contributed by atoms with E-state index in [9.17, 15) is 18.3 Å². The van der Waals surface area contributed by atoms with E-state index in [2.05, 4.69) is 20.0 Å². The van der Waals surface area contributed by atoms with Gasteiger partial charge in [0, 0.05) is 7.05 Å². The maximum atomic E-state index is 11.3. The van der Waals surface area contributed by atoms with Crippen LogP contribution in [0.25, 0.3) is 11.4 Å². The van der Waals surface area contributed by atoms with E-state index < -0.39 is 16.0 Å². The van der Waals surface area contributed by atoms with Crippen molar-refractivity contribution in [2.24, 2.45) is 7.05 Å². The summed E-state index contributed by atoms with van der Waals surface area (Å²) in [5.41, 5.74) is 1.22. The number of aromatic carboxylic acids is 1. The Labute approximate surface area is 127 Å². The van der Waals surface area contributed by atoms with Gasteiger partial charge >= 0.3 is 5.97 Å². The van der Waals surface area contributed by atoms with Crippen LogP contribution < -0.4 is 4.72 Å². The average molecular weight is 325 g/mol. The average Bonchev–Trinajstić information content (AvgIpc) is 2.79. The van der Waals surface area contributed by atoms with Crippen molar-refractivity contribution in [3.8, 4) is 11.4 Å². The van der Waals surface area contributed by atoms with E-state index in [0.717, 1.165) is 10.9 Å². The molecule has 2 heterocycles. The van der Waals surface area contributed by atoms with Gasteiger partial charge in [-0.05, 0) is 18.6 Å². The Morgan fingerprint density at radius 3 is 2.64 bits per heavy atom. The first-order valence-electron chi connectivity index (χ1n) is 6.34. The van der Waals surface area contributed by atoms with Crippen LogP contribution in [0.4, 0.5) is 5.69 Å². The highest BCUT2D eigenvalue weighted by Gasteiger charge is 2.21. The second kappa shape index (κ2) is 5.72. The second-order valence-electron chi connectivity index (χ2n) is 4.63. The van der Waals surface area contributed by atoms with Crippen LogP contribution in [0.2, 0.25) is 0 Å². The van der Waals surface area contributed by atoms with E-state index in [1.807, 2.05) is 6.92 Å². The molecule has 0 radical (unpaired) electrons. The molecular weight excluding hydrogens is 310 g/mol. The summed E-state index contributed by atoms with van der Waals surface area (Å²) in [4.78, 5) is 15.6. The van der Waals surface area contributed by atoms with Crippen molar-refractivity contribution in [3.05, 3.63) is 23.5 Å². The highest BCUT2D eigenvalue weighted by molar-refractivity contribution is 7.92. The summed E-state index contributed by atoms with van der Waals surface area (Å²) in [6, 6.07) is 3.03. The van der Waals surface area contributed by atoms with E-state index >= 15 is 0 Å². The molecule has 9 nitrogen and oxygen atoms in total. The normalized spacial score (nSPS) is 11.4. The Hall–Kier alpha value is -2.49. The summed E-state index contributed by atoms with van der Waals surface area (Å²) in [5.74, 6) is -1.17. The molecule has 0 amide bonds. The van der Waals surface area contributed by atoms with Crippen LogP contribution >= 0.6 is 0 Å². The molecule has 2 aromatic rings. The van der Waals surface area contributed by atoms with E-state index in [1.54, 1.807) is 0 Å². The summed E-state index contributed by atoms with van der Waals surface area (Å²) in [5, 5.41) is 16.7. The SMILES string of the molecule is CCc1nc(-c2nnn(C)c2C(=O)O)ccc1NS(C)(=O)=O. The fraction of sp³-hybridized carbons (Fsp3) is 0.333. The van der Waals surface area contributed by atoms with Gasteiger partial charge in [0.25, 0.3) is 0 Å². The third-order valence-electron chi connectivity index (χ3n) is 2.88. The van der Waals surface area contributed by atoms with Crippen LogP contribution in [-0.2, 0) is 23.5 Å². The lowest BCUT2D eigenvalue weighted by molar-refractivity contribution is 0.0686. The third-order valence-corrected chi connectivity index (χ3v) is 3.47. The third kappa shape index (κ3) is 3.22. The standard InChI is InChI=1S/C12H15N5O4S/c1-4-7-8(15-22(3,20)21)5-6-9(13-7)10-11(12(18)19)17(2)16-14-10/h5-6,15H,4H2,1-3H3,(H,18,19). The molecule has 0 saturated heterocycles. The first-order valence-corrected chi connectivity index (χ1v) is 8.23. The minimum absolute atomic E-state index is 0.0848. The van der Waals surface area contributed by atoms with E-state index in [1.165, 1.54) is 19.2 Å². The van der Waals surface area contributed by atoms with E-state index in [-0.39, 0.29) is 11.4 Å². The number of aryl methyl sites for hydroxylation is 2. The first-order chi connectivity index (χ1) is 10.2. The Bertz CT molecular complexity index is 828. The Kier molecular flexibility index (Phi) is 4.13. The maximum Gasteiger partial charge on any atom is 0.356 e. The van der Waals surface area contributed by atoms with Crippen LogP contribution in [0.5, 0.6) is 0 Å². The summed E-state index contributed by atoms with van der Waals surface area (Å²) >= 11 is 0. The minimum Gasteiger partial charge on any atom is -0.476 e. The number of anilines is 1. The van der Waals surface area contributed by atoms with Crippen molar-refractivity contribution in [1.29, 1.82) is 0 Å². The van der Waals surface area contributed by atoms with Gasteiger partial charge in [-0.3, -0.25) is 4.72 Å². The predicted molar refractivity (Wildman–Crippen MR) is 79.0 cm³/mol. The number of nitrogens with zero attached hydrogens (tertiary/aromatic N) is 4. The summed E-state index contributed by atoms with van der Waals surface area (Å²) in [6.07, 6.45) is 1.51. The Balaban J connectivity index is 2.53. The summed E-state index contributed by atoms with van der Waals surface area (Å²) in [6.45, 7) is 1.81. The fourth-order valence-corrected chi connectivity index (χ4v) is 2.55. The summed E-state index contributed by atoms with van der Waals surface area (Å²) < 4.78 is 26.2. The molecular formula is C12H15N5O4S. The summed E-state index contributed by atoms with van der Waals surface area (Å²) in [7, 11) is -1.95. The zero-order chi connectivity index (χ0) is 16.5. The monoisotopic (exact) mass is 325 g/mol. The van der Waals surface area contributed by atoms with Crippen molar-refractivity contribution in [3.63, 3.8) is 0 Å². The van der Waals surface area contributed by atoms with Crippen molar-refractivity contribution in [2.45, 2.75) is 13.3 Å². The number of hydrogen-bond donors (Lipinski definition) is 2. The van der Waals surface area contributed by atoms with Crippen LogP contribution in [0.15, 0.2) is 12.1 Å². The molecule has 10 heteroatoms. The molecule has 22 heavy (non-hydrogen) atoms. The van der Waals surface area contributed by atoms with Crippen molar-refractivity contribution < 1.29 is 18.3 Å². The molecule has 0 unspecified atom stereocenters. The lowest BCUT2D eigenvalue weighted by atomic mass is 10.1.